The third-order valence-corrected chi connectivity index (χ3v) is 2.34. The SMILES string of the molecule is COc1ccc2[nH]cc(CCCl)c2n1. The number of alkyl halides is 1. The van der Waals surface area contributed by atoms with Crippen molar-refractivity contribution in [3.8, 4) is 5.88 Å². The maximum absolute atomic E-state index is 5.69. The topological polar surface area (TPSA) is 37.9 Å². The Bertz CT molecular complexity index is 439. The fraction of sp³-hybridized carbons (Fsp3) is 0.300. The minimum atomic E-state index is 0.603. The Labute approximate surface area is 87.1 Å². The molecule has 0 aromatic carbocycles. The van der Waals surface area contributed by atoms with E-state index in [1.165, 1.54) is 0 Å². The number of aromatic nitrogens is 2. The van der Waals surface area contributed by atoms with Crippen LogP contribution in [0.15, 0.2) is 18.3 Å². The third-order valence-electron chi connectivity index (χ3n) is 2.15. The smallest absolute Gasteiger partial charge is 0.213 e. The first kappa shape index (κ1) is 9.34. The molecule has 2 heterocycles. The quantitative estimate of drug-likeness (QED) is 0.790. The van der Waals surface area contributed by atoms with E-state index >= 15 is 0 Å². The molecule has 2 aromatic rings. The molecule has 74 valence electrons. The summed E-state index contributed by atoms with van der Waals surface area (Å²) in [4.78, 5) is 7.51. The van der Waals surface area contributed by atoms with Gasteiger partial charge in [-0.2, -0.15) is 0 Å². The molecule has 2 rings (SSSR count). The Morgan fingerprint density at radius 1 is 1.50 bits per heavy atom. The zero-order valence-corrected chi connectivity index (χ0v) is 8.64. The predicted molar refractivity (Wildman–Crippen MR) is 57.1 cm³/mol. The number of fused-ring (bicyclic) bond motifs is 1. The predicted octanol–water partition coefficient (Wildman–Crippen LogP) is 2.35. The van der Waals surface area contributed by atoms with Crippen molar-refractivity contribution in [2.45, 2.75) is 6.42 Å². The highest BCUT2D eigenvalue weighted by atomic mass is 35.5. The maximum Gasteiger partial charge on any atom is 0.213 e. The lowest BCUT2D eigenvalue weighted by atomic mass is 10.2. The molecule has 0 saturated heterocycles. The highest BCUT2D eigenvalue weighted by Crippen LogP contribution is 2.19. The number of pyridine rings is 1. The summed E-state index contributed by atoms with van der Waals surface area (Å²) in [5, 5.41) is 0. The van der Waals surface area contributed by atoms with Gasteiger partial charge in [-0.1, -0.05) is 0 Å². The first-order chi connectivity index (χ1) is 6.85. The zero-order chi connectivity index (χ0) is 9.97. The molecule has 2 aromatic heterocycles. The number of aromatic amines is 1. The van der Waals surface area contributed by atoms with Crippen molar-refractivity contribution in [1.82, 2.24) is 9.97 Å². The van der Waals surface area contributed by atoms with Crippen LogP contribution in [-0.2, 0) is 6.42 Å². The van der Waals surface area contributed by atoms with E-state index < -0.39 is 0 Å². The molecular weight excluding hydrogens is 200 g/mol. The highest BCUT2D eigenvalue weighted by Gasteiger charge is 2.05. The number of halogens is 1. The van der Waals surface area contributed by atoms with E-state index in [0.717, 1.165) is 23.0 Å². The van der Waals surface area contributed by atoms with E-state index in [1.807, 2.05) is 18.3 Å². The number of hydrogen-bond donors (Lipinski definition) is 1. The van der Waals surface area contributed by atoms with Crippen molar-refractivity contribution in [1.29, 1.82) is 0 Å². The average Bonchev–Trinajstić information content (AvgIpc) is 2.61. The van der Waals surface area contributed by atoms with Crippen LogP contribution < -0.4 is 4.74 Å². The summed E-state index contributed by atoms with van der Waals surface area (Å²) in [5.41, 5.74) is 3.10. The molecule has 14 heavy (non-hydrogen) atoms. The van der Waals surface area contributed by atoms with Gasteiger partial charge in [0.15, 0.2) is 0 Å². The van der Waals surface area contributed by atoms with Crippen molar-refractivity contribution in [3.05, 3.63) is 23.9 Å². The molecule has 0 aliphatic rings. The zero-order valence-electron chi connectivity index (χ0n) is 7.88. The van der Waals surface area contributed by atoms with Crippen LogP contribution in [0.1, 0.15) is 5.56 Å². The van der Waals surface area contributed by atoms with Crippen LogP contribution in [-0.4, -0.2) is 23.0 Å². The van der Waals surface area contributed by atoms with Crippen molar-refractivity contribution in [2.75, 3.05) is 13.0 Å². The molecule has 0 atom stereocenters. The van der Waals surface area contributed by atoms with Crippen LogP contribution in [0.2, 0.25) is 0 Å². The monoisotopic (exact) mass is 210 g/mol. The normalized spacial score (nSPS) is 10.7. The van der Waals surface area contributed by atoms with Crippen molar-refractivity contribution in [3.63, 3.8) is 0 Å². The average molecular weight is 211 g/mol. The van der Waals surface area contributed by atoms with Gasteiger partial charge in [0.05, 0.1) is 18.1 Å². The minimum absolute atomic E-state index is 0.603. The van der Waals surface area contributed by atoms with Gasteiger partial charge in [-0.25, -0.2) is 4.98 Å². The Hall–Kier alpha value is -1.22. The molecule has 3 nitrogen and oxygen atoms in total. The molecule has 0 saturated carbocycles. The third kappa shape index (κ3) is 1.55. The first-order valence-corrected chi connectivity index (χ1v) is 4.95. The second-order valence-electron chi connectivity index (χ2n) is 3.00. The number of methoxy groups -OCH3 is 1. The lowest BCUT2D eigenvalue weighted by molar-refractivity contribution is 0.399. The number of hydrogen-bond acceptors (Lipinski definition) is 2. The van der Waals surface area contributed by atoms with E-state index in [-0.39, 0.29) is 0 Å². The summed E-state index contributed by atoms with van der Waals surface area (Å²) in [6.07, 6.45) is 2.77. The number of rotatable bonds is 3. The second kappa shape index (κ2) is 3.88. The van der Waals surface area contributed by atoms with E-state index in [0.29, 0.717) is 11.8 Å². The highest BCUT2D eigenvalue weighted by molar-refractivity contribution is 6.18. The Morgan fingerprint density at radius 2 is 2.36 bits per heavy atom. The lowest BCUT2D eigenvalue weighted by Gasteiger charge is -1.99. The number of nitrogens with one attached hydrogen (secondary N) is 1. The van der Waals surface area contributed by atoms with E-state index in [1.54, 1.807) is 7.11 Å². The minimum Gasteiger partial charge on any atom is -0.481 e. The molecule has 0 fully saturated rings. The molecule has 0 aliphatic heterocycles. The standard InChI is InChI=1S/C10H11ClN2O/c1-14-9-3-2-8-10(13-9)7(4-5-11)6-12-8/h2-3,6,12H,4-5H2,1H3. The number of H-pyrrole nitrogens is 1. The van der Waals surface area contributed by atoms with Gasteiger partial charge in [-0.15, -0.1) is 11.6 Å². The summed E-state index contributed by atoms with van der Waals surface area (Å²) >= 11 is 5.69. The summed E-state index contributed by atoms with van der Waals surface area (Å²) < 4.78 is 5.07. The van der Waals surface area contributed by atoms with Crippen LogP contribution >= 0.6 is 11.6 Å². The molecule has 1 N–H and O–H groups in total. The van der Waals surface area contributed by atoms with Gasteiger partial charge in [0, 0.05) is 18.1 Å². The summed E-state index contributed by atoms with van der Waals surface area (Å²) in [6, 6.07) is 3.79. The van der Waals surface area contributed by atoms with Gasteiger partial charge < -0.3 is 9.72 Å². The lowest BCUT2D eigenvalue weighted by Crippen LogP contribution is -1.89. The fourth-order valence-corrected chi connectivity index (χ4v) is 1.65. The van der Waals surface area contributed by atoms with Crippen LogP contribution in [0.3, 0.4) is 0 Å². The Kier molecular flexibility index (Phi) is 2.59. The number of ether oxygens (including phenoxy) is 1. The molecule has 0 amide bonds. The molecule has 4 heteroatoms. The van der Waals surface area contributed by atoms with Crippen molar-refractivity contribution in [2.24, 2.45) is 0 Å². The summed E-state index contributed by atoms with van der Waals surface area (Å²) in [6.45, 7) is 0. The summed E-state index contributed by atoms with van der Waals surface area (Å²) in [7, 11) is 1.61. The van der Waals surface area contributed by atoms with Gasteiger partial charge >= 0.3 is 0 Å². The van der Waals surface area contributed by atoms with Gasteiger partial charge in [0.1, 0.15) is 0 Å². The van der Waals surface area contributed by atoms with Crippen molar-refractivity contribution < 1.29 is 4.74 Å². The molecule has 0 radical (unpaired) electrons. The molecule has 0 unspecified atom stereocenters. The van der Waals surface area contributed by atoms with Crippen LogP contribution in [0.5, 0.6) is 5.88 Å². The van der Waals surface area contributed by atoms with Gasteiger partial charge in [0.25, 0.3) is 0 Å². The van der Waals surface area contributed by atoms with E-state index in [2.05, 4.69) is 9.97 Å². The van der Waals surface area contributed by atoms with Gasteiger partial charge in [0.2, 0.25) is 5.88 Å². The van der Waals surface area contributed by atoms with E-state index in [4.69, 9.17) is 16.3 Å². The largest absolute Gasteiger partial charge is 0.481 e. The van der Waals surface area contributed by atoms with Crippen LogP contribution in [0, 0.1) is 0 Å². The Morgan fingerprint density at radius 3 is 3.07 bits per heavy atom. The van der Waals surface area contributed by atoms with Gasteiger partial charge in [-0.05, 0) is 18.1 Å². The molecule has 0 aliphatic carbocycles. The summed E-state index contributed by atoms with van der Waals surface area (Å²) in [5.74, 6) is 1.24. The number of nitrogens with zero attached hydrogens (tertiary/aromatic N) is 1. The fourth-order valence-electron chi connectivity index (χ4n) is 1.44. The number of aryl methyl sites for hydroxylation is 1. The maximum atomic E-state index is 5.69. The van der Waals surface area contributed by atoms with Crippen LogP contribution in [0.4, 0.5) is 0 Å². The van der Waals surface area contributed by atoms with E-state index in [9.17, 15) is 0 Å². The second-order valence-corrected chi connectivity index (χ2v) is 3.38. The van der Waals surface area contributed by atoms with Crippen LogP contribution in [0.25, 0.3) is 11.0 Å². The molecule has 0 bridgehead atoms. The molecule has 0 spiro atoms. The Balaban J connectivity index is 2.52. The first-order valence-electron chi connectivity index (χ1n) is 4.42. The van der Waals surface area contributed by atoms with Crippen molar-refractivity contribution >= 4 is 22.6 Å². The molecular formula is C10H11ClN2O. The van der Waals surface area contributed by atoms with Gasteiger partial charge in [-0.3, -0.25) is 0 Å².